The minimum absolute atomic E-state index is 0.119. The number of rotatable bonds is 3. The Bertz CT molecular complexity index is 880. The molecule has 0 amide bonds. The van der Waals surface area contributed by atoms with E-state index in [1.54, 1.807) is 18.2 Å². The average Bonchev–Trinajstić information content (AvgIpc) is 2.52. The molecule has 0 fully saturated rings. The molecule has 0 aliphatic heterocycles. The quantitative estimate of drug-likeness (QED) is 0.568. The zero-order chi connectivity index (χ0) is 16.6. The van der Waals surface area contributed by atoms with E-state index in [-0.39, 0.29) is 5.75 Å². The number of ether oxygens (including phenoxy) is 1. The summed E-state index contributed by atoms with van der Waals surface area (Å²) in [5, 5.41) is 1.02. The van der Waals surface area contributed by atoms with Gasteiger partial charge in [-0.05, 0) is 53.5 Å². The van der Waals surface area contributed by atoms with E-state index >= 15 is 0 Å². The van der Waals surface area contributed by atoms with Gasteiger partial charge in [-0.2, -0.15) is 8.78 Å². The Morgan fingerprint density at radius 3 is 2.57 bits per heavy atom. The SMILES string of the molecule is Cc1ccc(OC(F)F)c(-c2nc3ccccc3c(C)c2Br)c1. The zero-order valence-corrected chi connectivity index (χ0v) is 14.2. The summed E-state index contributed by atoms with van der Waals surface area (Å²) in [6, 6.07) is 12.8. The van der Waals surface area contributed by atoms with Crippen LogP contribution >= 0.6 is 15.9 Å². The van der Waals surface area contributed by atoms with Crippen molar-refractivity contribution in [3.05, 3.63) is 58.1 Å². The topological polar surface area (TPSA) is 22.1 Å². The van der Waals surface area contributed by atoms with E-state index in [2.05, 4.69) is 25.7 Å². The van der Waals surface area contributed by atoms with Crippen LogP contribution in [0.3, 0.4) is 0 Å². The van der Waals surface area contributed by atoms with Crippen molar-refractivity contribution in [3.63, 3.8) is 0 Å². The Hall–Kier alpha value is -2.01. The van der Waals surface area contributed by atoms with E-state index in [0.29, 0.717) is 11.3 Å². The van der Waals surface area contributed by atoms with Crippen LogP contribution in [0, 0.1) is 13.8 Å². The molecule has 118 valence electrons. The van der Waals surface area contributed by atoms with Gasteiger partial charge in [-0.3, -0.25) is 0 Å². The fourth-order valence-electron chi connectivity index (χ4n) is 2.56. The second kappa shape index (κ2) is 6.24. The first-order valence-electron chi connectivity index (χ1n) is 7.08. The highest BCUT2D eigenvalue weighted by atomic mass is 79.9. The third kappa shape index (κ3) is 3.06. The third-order valence-corrected chi connectivity index (χ3v) is 4.65. The van der Waals surface area contributed by atoms with Gasteiger partial charge in [0.05, 0.1) is 11.2 Å². The van der Waals surface area contributed by atoms with Crippen molar-refractivity contribution in [2.75, 3.05) is 0 Å². The van der Waals surface area contributed by atoms with E-state index in [9.17, 15) is 8.78 Å². The number of hydrogen-bond donors (Lipinski definition) is 0. The number of aromatic nitrogens is 1. The molecule has 0 aliphatic rings. The molecule has 0 unspecified atom stereocenters. The summed E-state index contributed by atoms with van der Waals surface area (Å²) in [6.45, 7) is 0.996. The van der Waals surface area contributed by atoms with Crippen LogP contribution in [-0.2, 0) is 0 Å². The van der Waals surface area contributed by atoms with Crippen LogP contribution < -0.4 is 4.74 Å². The first-order chi connectivity index (χ1) is 11.0. The largest absolute Gasteiger partial charge is 0.434 e. The zero-order valence-electron chi connectivity index (χ0n) is 12.6. The van der Waals surface area contributed by atoms with Gasteiger partial charge in [-0.15, -0.1) is 0 Å². The number of para-hydroxylation sites is 1. The van der Waals surface area contributed by atoms with Gasteiger partial charge in [0.15, 0.2) is 0 Å². The molecule has 3 aromatic rings. The van der Waals surface area contributed by atoms with Gasteiger partial charge in [0.25, 0.3) is 0 Å². The van der Waals surface area contributed by atoms with E-state index in [1.807, 2.05) is 38.1 Å². The monoisotopic (exact) mass is 377 g/mol. The average molecular weight is 378 g/mol. The van der Waals surface area contributed by atoms with Crippen molar-refractivity contribution in [3.8, 4) is 17.0 Å². The lowest BCUT2D eigenvalue weighted by atomic mass is 10.0. The molecule has 0 atom stereocenters. The Balaban J connectivity index is 2.28. The van der Waals surface area contributed by atoms with Crippen LogP contribution in [0.2, 0.25) is 0 Å². The maximum Gasteiger partial charge on any atom is 0.387 e. The van der Waals surface area contributed by atoms with Crippen molar-refractivity contribution < 1.29 is 13.5 Å². The maximum absolute atomic E-state index is 12.7. The lowest BCUT2D eigenvalue weighted by Crippen LogP contribution is -2.04. The Morgan fingerprint density at radius 2 is 1.83 bits per heavy atom. The number of benzene rings is 2. The van der Waals surface area contributed by atoms with Gasteiger partial charge in [-0.25, -0.2) is 4.98 Å². The van der Waals surface area contributed by atoms with Crippen molar-refractivity contribution in [1.82, 2.24) is 4.98 Å². The summed E-state index contributed by atoms with van der Waals surface area (Å²) in [7, 11) is 0. The number of pyridine rings is 1. The van der Waals surface area contributed by atoms with Gasteiger partial charge >= 0.3 is 6.61 Å². The number of hydrogen-bond acceptors (Lipinski definition) is 2. The van der Waals surface area contributed by atoms with E-state index < -0.39 is 6.61 Å². The van der Waals surface area contributed by atoms with Crippen molar-refractivity contribution in [1.29, 1.82) is 0 Å². The first-order valence-corrected chi connectivity index (χ1v) is 7.87. The summed E-state index contributed by atoms with van der Waals surface area (Å²) in [6.07, 6.45) is 0. The molecule has 1 aromatic heterocycles. The summed E-state index contributed by atoms with van der Waals surface area (Å²) < 4.78 is 30.8. The summed E-state index contributed by atoms with van der Waals surface area (Å²) >= 11 is 3.56. The molecular weight excluding hydrogens is 364 g/mol. The van der Waals surface area contributed by atoms with Gasteiger partial charge in [-0.1, -0.05) is 29.8 Å². The highest BCUT2D eigenvalue weighted by Crippen LogP contribution is 2.38. The third-order valence-electron chi connectivity index (χ3n) is 3.68. The standard InChI is InChI=1S/C18H14BrF2NO/c1-10-7-8-15(23-18(20)21)13(9-10)17-16(19)11(2)12-5-3-4-6-14(12)22-17/h3-9,18H,1-2H3. The number of fused-ring (bicyclic) bond motifs is 1. The Labute approximate surface area is 141 Å². The van der Waals surface area contributed by atoms with E-state index in [4.69, 9.17) is 0 Å². The Kier molecular flexibility index (Phi) is 4.31. The normalized spacial score (nSPS) is 11.2. The predicted octanol–water partition coefficient (Wildman–Crippen LogP) is 5.88. The summed E-state index contributed by atoms with van der Waals surface area (Å²) in [4.78, 5) is 4.64. The van der Waals surface area contributed by atoms with Gasteiger partial charge in [0.1, 0.15) is 5.75 Å². The molecule has 0 bridgehead atoms. The maximum atomic E-state index is 12.7. The van der Waals surface area contributed by atoms with E-state index in [0.717, 1.165) is 26.5 Å². The molecule has 0 radical (unpaired) electrons. The number of halogens is 3. The van der Waals surface area contributed by atoms with Crippen LogP contribution in [0.4, 0.5) is 8.78 Å². The molecule has 3 rings (SSSR count). The van der Waals surface area contributed by atoms with Gasteiger partial charge in [0, 0.05) is 15.4 Å². The molecule has 5 heteroatoms. The molecule has 1 heterocycles. The van der Waals surface area contributed by atoms with Crippen LogP contribution in [0.25, 0.3) is 22.2 Å². The smallest absolute Gasteiger partial charge is 0.387 e. The first kappa shape index (κ1) is 15.9. The Morgan fingerprint density at radius 1 is 1.09 bits per heavy atom. The summed E-state index contributed by atoms with van der Waals surface area (Å²) in [5.74, 6) is 0.119. The van der Waals surface area contributed by atoms with Crippen molar-refractivity contribution in [2.24, 2.45) is 0 Å². The van der Waals surface area contributed by atoms with Gasteiger partial charge < -0.3 is 4.74 Å². The van der Waals surface area contributed by atoms with Crippen molar-refractivity contribution in [2.45, 2.75) is 20.5 Å². The molecule has 0 spiro atoms. The second-order valence-electron chi connectivity index (χ2n) is 5.29. The lowest BCUT2D eigenvalue weighted by molar-refractivity contribution is -0.0494. The number of aryl methyl sites for hydroxylation is 2. The molecule has 0 N–H and O–H groups in total. The van der Waals surface area contributed by atoms with Crippen LogP contribution in [0.5, 0.6) is 5.75 Å². The minimum atomic E-state index is -2.88. The van der Waals surface area contributed by atoms with Gasteiger partial charge in [0.2, 0.25) is 0 Å². The fourth-order valence-corrected chi connectivity index (χ4v) is 3.08. The number of alkyl halides is 2. The highest BCUT2D eigenvalue weighted by molar-refractivity contribution is 9.10. The molecule has 0 saturated heterocycles. The number of nitrogens with zero attached hydrogens (tertiary/aromatic N) is 1. The highest BCUT2D eigenvalue weighted by Gasteiger charge is 2.17. The van der Waals surface area contributed by atoms with Crippen LogP contribution in [-0.4, -0.2) is 11.6 Å². The molecule has 2 aromatic carbocycles. The predicted molar refractivity (Wildman–Crippen MR) is 91.0 cm³/mol. The van der Waals surface area contributed by atoms with E-state index in [1.165, 1.54) is 0 Å². The summed E-state index contributed by atoms with van der Waals surface area (Å²) in [5.41, 5.74) is 3.91. The molecule has 23 heavy (non-hydrogen) atoms. The fraction of sp³-hybridized carbons (Fsp3) is 0.167. The molecule has 0 aliphatic carbocycles. The second-order valence-corrected chi connectivity index (χ2v) is 6.09. The molecule has 2 nitrogen and oxygen atoms in total. The molecular formula is C18H14BrF2NO. The van der Waals surface area contributed by atoms with Crippen LogP contribution in [0.1, 0.15) is 11.1 Å². The lowest BCUT2D eigenvalue weighted by Gasteiger charge is -2.15. The van der Waals surface area contributed by atoms with Crippen LogP contribution in [0.15, 0.2) is 46.9 Å². The molecule has 0 saturated carbocycles. The minimum Gasteiger partial charge on any atom is -0.434 e. The van der Waals surface area contributed by atoms with Crippen molar-refractivity contribution >= 4 is 26.8 Å².